The molecule has 3 nitrogen and oxygen atoms in total. The molecule has 1 atom stereocenters. The van der Waals surface area contributed by atoms with E-state index in [1.54, 1.807) is 7.11 Å². The van der Waals surface area contributed by atoms with Crippen molar-refractivity contribution < 1.29 is 9.84 Å². The Morgan fingerprint density at radius 3 is 2.73 bits per heavy atom. The molecule has 1 unspecified atom stereocenters. The number of unbranched alkanes of at least 4 members (excludes halogenated alkanes) is 5. The molecule has 1 aromatic rings. The summed E-state index contributed by atoms with van der Waals surface area (Å²) in [6.45, 7) is 5.15. The predicted octanol–water partition coefficient (Wildman–Crippen LogP) is 3.95. The summed E-state index contributed by atoms with van der Waals surface area (Å²) in [5.74, 6) is 0.885. The average Bonchev–Trinajstić information content (AvgIpc) is 2.69. The van der Waals surface area contributed by atoms with E-state index in [1.165, 1.54) is 44.1 Å². The number of nitrogens with zero attached hydrogens (tertiary/aromatic N) is 1. The third-order valence-corrected chi connectivity index (χ3v) is 4.67. The van der Waals surface area contributed by atoms with E-state index in [2.05, 4.69) is 17.9 Å². The molecule has 0 saturated carbocycles. The maximum Gasteiger partial charge on any atom is 0.119 e. The van der Waals surface area contributed by atoms with Crippen molar-refractivity contribution in [2.24, 2.45) is 0 Å². The van der Waals surface area contributed by atoms with Gasteiger partial charge in [0.05, 0.1) is 13.2 Å². The van der Waals surface area contributed by atoms with E-state index in [0.29, 0.717) is 0 Å². The Morgan fingerprint density at radius 1 is 1.18 bits per heavy atom. The minimum atomic E-state index is -0.372. The smallest absolute Gasteiger partial charge is 0.119 e. The highest BCUT2D eigenvalue weighted by atomic mass is 16.5. The molecule has 0 bridgehead atoms. The first-order valence-corrected chi connectivity index (χ1v) is 8.81. The van der Waals surface area contributed by atoms with Gasteiger partial charge in [-0.25, -0.2) is 0 Å². The third kappa shape index (κ3) is 4.99. The van der Waals surface area contributed by atoms with Crippen molar-refractivity contribution in [3.63, 3.8) is 0 Å². The van der Waals surface area contributed by atoms with Crippen LogP contribution in [0.15, 0.2) is 18.2 Å². The van der Waals surface area contributed by atoms with Crippen LogP contribution >= 0.6 is 0 Å². The average molecular weight is 305 g/mol. The topological polar surface area (TPSA) is 32.7 Å². The molecule has 0 amide bonds. The largest absolute Gasteiger partial charge is 0.497 e. The van der Waals surface area contributed by atoms with E-state index in [4.69, 9.17) is 4.74 Å². The molecule has 22 heavy (non-hydrogen) atoms. The SMILES string of the molecule is CCCCCCCCN1CCc2cc(OC)ccc2C(O)C1. The molecule has 124 valence electrons. The molecule has 1 aliphatic rings. The van der Waals surface area contributed by atoms with Gasteiger partial charge >= 0.3 is 0 Å². The molecular weight excluding hydrogens is 274 g/mol. The second-order valence-corrected chi connectivity index (χ2v) is 6.40. The van der Waals surface area contributed by atoms with Crippen LogP contribution in [-0.4, -0.2) is 36.8 Å². The highest BCUT2D eigenvalue weighted by Crippen LogP contribution is 2.27. The summed E-state index contributed by atoms with van der Waals surface area (Å²) in [7, 11) is 1.69. The van der Waals surface area contributed by atoms with Gasteiger partial charge in [-0.2, -0.15) is 0 Å². The van der Waals surface area contributed by atoms with Gasteiger partial charge in [-0.3, -0.25) is 0 Å². The lowest BCUT2D eigenvalue weighted by atomic mass is 10.0. The van der Waals surface area contributed by atoms with Crippen LogP contribution in [0.4, 0.5) is 0 Å². The van der Waals surface area contributed by atoms with Gasteiger partial charge in [-0.15, -0.1) is 0 Å². The first kappa shape index (κ1) is 17.3. The van der Waals surface area contributed by atoms with E-state index >= 15 is 0 Å². The van der Waals surface area contributed by atoms with Gasteiger partial charge in [-0.1, -0.05) is 45.1 Å². The number of hydrogen-bond acceptors (Lipinski definition) is 3. The van der Waals surface area contributed by atoms with Crippen molar-refractivity contribution in [1.82, 2.24) is 4.90 Å². The Hall–Kier alpha value is -1.06. The van der Waals surface area contributed by atoms with Gasteiger partial charge in [0.1, 0.15) is 5.75 Å². The van der Waals surface area contributed by atoms with Crippen LogP contribution in [0.5, 0.6) is 5.75 Å². The second kappa shape index (κ2) is 9.16. The van der Waals surface area contributed by atoms with Crippen LogP contribution in [0, 0.1) is 0 Å². The number of aliphatic hydroxyl groups is 1. The fraction of sp³-hybridized carbons (Fsp3) is 0.684. The molecule has 0 aliphatic carbocycles. The molecule has 0 saturated heterocycles. The molecule has 1 heterocycles. The van der Waals surface area contributed by atoms with E-state index in [9.17, 15) is 5.11 Å². The Morgan fingerprint density at radius 2 is 1.95 bits per heavy atom. The lowest BCUT2D eigenvalue weighted by Gasteiger charge is -2.21. The Balaban J connectivity index is 1.81. The number of benzene rings is 1. The van der Waals surface area contributed by atoms with E-state index < -0.39 is 0 Å². The summed E-state index contributed by atoms with van der Waals surface area (Å²) in [6.07, 6.45) is 8.57. The number of ether oxygens (including phenoxy) is 1. The van der Waals surface area contributed by atoms with Crippen LogP contribution in [-0.2, 0) is 6.42 Å². The van der Waals surface area contributed by atoms with Crippen molar-refractivity contribution in [3.05, 3.63) is 29.3 Å². The summed E-state index contributed by atoms with van der Waals surface area (Å²) in [5, 5.41) is 10.5. The van der Waals surface area contributed by atoms with Crippen molar-refractivity contribution in [3.8, 4) is 5.75 Å². The zero-order valence-corrected chi connectivity index (χ0v) is 14.2. The minimum Gasteiger partial charge on any atom is -0.497 e. The van der Waals surface area contributed by atoms with E-state index in [1.807, 2.05) is 12.1 Å². The van der Waals surface area contributed by atoms with Gasteiger partial charge < -0.3 is 14.7 Å². The maximum absolute atomic E-state index is 10.5. The van der Waals surface area contributed by atoms with Gasteiger partial charge in [0.25, 0.3) is 0 Å². The molecule has 2 rings (SSSR count). The summed E-state index contributed by atoms with van der Waals surface area (Å²) < 4.78 is 5.30. The highest BCUT2D eigenvalue weighted by molar-refractivity contribution is 5.38. The fourth-order valence-corrected chi connectivity index (χ4v) is 3.28. The number of fused-ring (bicyclic) bond motifs is 1. The number of β-amino-alcohol motifs (C(OH)–C–C–N with tert-alkyl or cyclic N) is 1. The molecule has 1 aromatic carbocycles. The molecular formula is C19H31NO2. The van der Waals surface area contributed by atoms with Gasteiger partial charge in [-0.05, 0) is 42.6 Å². The first-order chi connectivity index (χ1) is 10.7. The zero-order valence-electron chi connectivity index (χ0n) is 14.2. The summed E-state index contributed by atoms with van der Waals surface area (Å²) in [4.78, 5) is 2.41. The second-order valence-electron chi connectivity index (χ2n) is 6.40. The Labute approximate surface area is 135 Å². The normalized spacial score (nSPS) is 18.8. The quantitative estimate of drug-likeness (QED) is 0.738. The van der Waals surface area contributed by atoms with Crippen LogP contribution < -0.4 is 4.74 Å². The number of hydrogen-bond donors (Lipinski definition) is 1. The van der Waals surface area contributed by atoms with Crippen LogP contribution in [0.2, 0.25) is 0 Å². The molecule has 1 aliphatic heterocycles. The first-order valence-electron chi connectivity index (χ1n) is 8.81. The van der Waals surface area contributed by atoms with E-state index in [-0.39, 0.29) is 6.10 Å². The highest BCUT2D eigenvalue weighted by Gasteiger charge is 2.21. The predicted molar refractivity (Wildman–Crippen MR) is 91.5 cm³/mol. The van der Waals surface area contributed by atoms with Gasteiger partial charge in [0, 0.05) is 13.1 Å². The Kier molecular flexibility index (Phi) is 7.20. The third-order valence-electron chi connectivity index (χ3n) is 4.67. The number of rotatable bonds is 8. The fourth-order valence-electron chi connectivity index (χ4n) is 3.28. The minimum absolute atomic E-state index is 0.372. The van der Waals surface area contributed by atoms with Crippen LogP contribution in [0.25, 0.3) is 0 Å². The number of aliphatic hydroxyl groups excluding tert-OH is 1. The molecule has 0 spiro atoms. The lowest BCUT2D eigenvalue weighted by Crippen LogP contribution is -2.29. The van der Waals surface area contributed by atoms with Gasteiger partial charge in [0.2, 0.25) is 0 Å². The molecule has 3 heteroatoms. The van der Waals surface area contributed by atoms with Crippen molar-refractivity contribution >= 4 is 0 Å². The standard InChI is InChI=1S/C19H31NO2/c1-3-4-5-6-7-8-12-20-13-11-16-14-17(22-2)9-10-18(16)19(21)15-20/h9-10,14,19,21H,3-8,11-13,15H2,1-2H3. The van der Waals surface area contributed by atoms with Crippen molar-refractivity contribution in [2.45, 2.75) is 58.0 Å². The molecule has 1 N–H and O–H groups in total. The van der Waals surface area contributed by atoms with Crippen LogP contribution in [0.3, 0.4) is 0 Å². The summed E-state index contributed by atoms with van der Waals surface area (Å²) in [5.41, 5.74) is 2.31. The maximum atomic E-state index is 10.5. The summed E-state index contributed by atoms with van der Waals surface area (Å²) >= 11 is 0. The molecule has 0 aromatic heterocycles. The Bertz CT molecular complexity index is 447. The zero-order chi connectivity index (χ0) is 15.8. The van der Waals surface area contributed by atoms with Crippen molar-refractivity contribution in [1.29, 1.82) is 0 Å². The number of methoxy groups -OCH3 is 1. The monoisotopic (exact) mass is 305 g/mol. The molecule has 0 fully saturated rings. The summed E-state index contributed by atoms with van der Waals surface area (Å²) in [6, 6.07) is 6.05. The van der Waals surface area contributed by atoms with Crippen LogP contribution in [0.1, 0.15) is 62.7 Å². The van der Waals surface area contributed by atoms with E-state index in [0.717, 1.165) is 37.4 Å². The lowest BCUT2D eigenvalue weighted by molar-refractivity contribution is 0.119. The van der Waals surface area contributed by atoms with Gasteiger partial charge in [0.15, 0.2) is 0 Å². The molecule has 0 radical (unpaired) electrons. The van der Waals surface area contributed by atoms with Crippen molar-refractivity contribution in [2.75, 3.05) is 26.7 Å².